The highest BCUT2D eigenvalue weighted by atomic mass is 16.5. The summed E-state index contributed by atoms with van der Waals surface area (Å²) in [6, 6.07) is 3.59. The molecule has 0 aromatic heterocycles. The minimum Gasteiger partial charge on any atom is -0.496 e. The molecule has 1 unspecified atom stereocenters. The van der Waals surface area contributed by atoms with Crippen LogP contribution in [-0.4, -0.2) is 32.5 Å². The molecule has 0 fully saturated rings. The number of aliphatic hydroxyl groups is 1. The SMILES string of the molecule is COc1cc(OC)c(OC)cc1C=CC(O)C(C)(C)C. The van der Waals surface area contributed by atoms with Gasteiger partial charge in [-0.25, -0.2) is 0 Å². The molecule has 1 aromatic carbocycles. The van der Waals surface area contributed by atoms with Gasteiger partial charge in [-0.2, -0.15) is 0 Å². The zero-order valence-corrected chi connectivity index (χ0v) is 13.1. The van der Waals surface area contributed by atoms with Crippen molar-refractivity contribution in [1.82, 2.24) is 0 Å². The monoisotopic (exact) mass is 280 g/mol. The van der Waals surface area contributed by atoms with E-state index >= 15 is 0 Å². The van der Waals surface area contributed by atoms with Gasteiger partial charge < -0.3 is 19.3 Å². The Morgan fingerprint density at radius 3 is 1.90 bits per heavy atom. The molecule has 0 spiro atoms. The number of hydrogen-bond donors (Lipinski definition) is 1. The molecule has 1 N–H and O–H groups in total. The van der Waals surface area contributed by atoms with Crippen molar-refractivity contribution >= 4 is 6.08 Å². The smallest absolute Gasteiger partial charge is 0.164 e. The molecule has 0 saturated carbocycles. The fraction of sp³-hybridized carbons (Fsp3) is 0.500. The van der Waals surface area contributed by atoms with Crippen molar-refractivity contribution in [3.05, 3.63) is 23.8 Å². The Kier molecular flexibility index (Phi) is 5.45. The van der Waals surface area contributed by atoms with Crippen molar-refractivity contribution in [2.24, 2.45) is 5.41 Å². The molecule has 0 amide bonds. The van der Waals surface area contributed by atoms with Crippen LogP contribution in [-0.2, 0) is 0 Å². The molecule has 0 aliphatic heterocycles. The third-order valence-corrected chi connectivity index (χ3v) is 3.08. The van der Waals surface area contributed by atoms with Crippen LogP contribution in [0.1, 0.15) is 26.3 Å². The topological polar surface area (TPSA) is 47.9 Å². The first-order chi connectivity index (χ1) is 9.33. The van der Waals surface area contributed by atoms with Crippen molar-refractivity contribution < 1.29 is 19.3 Å². The summed E-state index contributed by atoms with van der Waals surface area (Å²) in [6.45, 7) is 5.94. The van der Waals surface area contributed by atoms with E-state index in [9.17, 15) is 5.11 Å². The first-order valence-corrected chi connectivity index (χ1v) is 6.49. The van der Waals surface area contributed by atoms with Gasteiger partial charge in [0.15, 0.2) is 11.5 Å². The third-order valence-electron chi connectivity index (χ3n) is 3.08. The van der Waals surface area contributed by atoms with Crippen LogP contribution in [0.25, 0.3) is 6.08 Å². The van der Waals surface area contributed by atoms with Crippen molar-refractivity contribution in [2.75, 3.05) is 21.3 Å². The van der Waals surface area contributed by atoms with Gasteiger partial charge >= 0.3 is 0 Å². The molecule has 20 heavy (non-hydrogen) atoms. The molecule has 112 valence electrons. The molecule has 0 bridgehead atoms. The van der Waals surface area contributed by atoms with Gasteiger partial charge in [0.05, 0.1) is 27.4 Å². The fourth-order valence-electron chi connectivity index (χ4n) is 1.67. The standard InChI is InChI=1S/C16H24O4/c1-16(2,3)15(17)8-7-11-9-13(19-5)14(20-6)10-12(11)18-4/h7-10,15,17H,1-6H3. The van der Waals surface area contributed by atoms with Crippen LogP contribution < -0.4 is 14.2 Å². The molecule has 1 rings (SSSR count). The Labute approximate surface area is 121 Å². The maximum absolute atomic E-state index is 10.1. The summed E-state index contributed by atoms with van der Waals surface area (Å²) in [7, 11) is 4.76. The molecule has 4 nitrogen and oxygen atoms in total. The highest BCUT2D eigenvalue weighted by molar-refractivity contribution is 5.63. The van der Waals surface area contributed by atoms with Crippen LogP contribution >= 0.6 is 0 Å². The second-order valence-corrected chi connectivity index (χ2v) is 5.62. The normalized spacial score (nSPS) is 13.3. The zero-order valence-electron chi connectivity index (χ0n) is 13.1. The number of aliphatic hydroxyl groups excluding tert-OH is 1. The van der Waals surface area contributed by atoms with Crippen LogP contribution in [0.5, 0.6) is 17.2 Å². The van der Waals surface area contributed by atoms with Gasteiger partial charge in [-0.05, 0) is 11.5 Å². The number of ether oxygens (including phenoxy) is 3. The molecule has 0 heterocycles. The van der Waals surface area contributed by atoms with E-state index in [-0.39, 0.29) is 5.41 Å². The lowest BCUT2D eigenvalue weighted by Gasteiger charge is -2.22. The van der Waals surface area contributed by atoms with Crippen molar-refractivity contribution in [1.29, 1.82) is 0 Å². The van der Waals surface area contributed by atoms with Gasteiger partial charge in [0.1, 0.15) is 5.75 Å². The van der Waals surface area contributed by atoms with Gasteiger partial charge in [-0.1, -0.05) is 32.9 Å². The number of methoxy groups -OCH3 is 3. The first kappa shape index (κ1) is 16.4. The van der Waals surface area contributed by atoms with E-state index in [0.717, 1.165) is 5.56 Å². The molecular formula is C16H24O4. The van der Waals surface area contributed by atoms with E-state index < -0.39 is 6.10 Å². The summed E-state index contributed by atoms with van der Waals surface area (Å²) in [5, 5.41) is 10.1. The molecule has 0 aliphatic carbocycles. The summed E-state index contributed by atoms with van der Waals surface area (Å²) in [5.41, 5.74) is 0.619. The Morgan fingerprint density at radius 2 is 1.45 bits per heavy atom. The van der Waals surface area contributed by atoms with Crippen molar-refractivity contribution in [2.45, 2.75) is 26.9 Å². The molecule has 0 radical (unpaired) electrons. The third kappa shape index (κ3) is 3.90. The van der Waals surface area contributed by atoms with Gasteiger partial charge in [-0.3, -0.25) is 0 Å². The molecule has 0 aliphatic rings. The predicted octanol–water partition coefficient (Wildman–Crippen LogP) is 3.13. The van der Waals surface area contributed by atoms with E-state index in [2.05, 4.69) is 0 Å². The lowest BCUT2D eigenvalue weighted by atomic mass is 9.88. The maximum atomic E-state index is 10.1. The van der Waals surface area contributed by atoms with Crippen molar-refractivity contribution in [3.8, 4) is 17.2 Å². The predicted molar refractivity (Wildman–Crippen MR) is 80.6 cm³/mol. The fourth-order valence-corrected chi connectivity index (χ4v) is 1.67. The number of benzene rings is 1. The van der Waals surface area contributed by atoms with Gasteiger partial charge in [-0.15, -0.1) is 0 Å². The van der Waals surface area contributed by atoms with Crippen LogP contribution in [0.15, 0.2) is 18.2 Å². The Balaban J connectivity index is 3.14. The van der Waals surface area contributed by atoms with Gasteiger partial charge in [0.25, 0.3) is 0 Å². The average molecular weight is 280 g/mol. The second-order valence-electron chi connectivity index (χ2n) is 5.62. The molecule has 0 saturated heterocycles. The Bertz CT molecular complexity index is 472. The largest absolute Gasteiger partial charge is 0.496 e. The first-order valence-electron chi connectivity index (χ1n) is 6.49. The molecular weight excluding hydrogens is 256 g/mol. The summed E-state index contributed by atoms with van der Waals surface area (Å²) in [6.07, 6.45) is 3.04. The minimum atomic E-state index is -0.541. The van der Waals surface area contributed by atoms with Crippen LogP contribution in [0.2, 0.25) is 0 Å². The summed E-state index contributed by atoms with van der Waals surface area (Å²) < 4.78 is 15.8. The maximum Gasteiger partial charge on any atom is 0.164 e. The Hall–Kier alpha value is -1.68. The minimum absolute atomic E-state index is 0.208. The van der Waals surface area contributed by atoms with Crippen molar-refractivity contribution in [3.63, 3.8) is 0 Å². The van der Waals surface area contributed by atoms with Crippen LogP contribution in [0, 0.1) is 5.41 Å². The second kappa shape index (κ2) is 6.66. The lowest BCUT2D eigenvalue weighted by molar-refractivity contribution is 0.106. The van der Waals surface area contributed by atoms with E-state index in [1.807, 2.05) is 32.9 Å². The van der Waals surface area contributed by atoms with E-state index in [1.165, 1.54) is 0 Å². The quantitative estimate of drug-likeness (QED) is 0.900. The van der Waals surface area contributed by atoms with Crippen LogP contribution in [0.4, 0.5) is 0 Å². The van der Waals surface area contributed by atoms with E-state index in [4.69, 9.17) is 14.2 Å². The van der Waals surface area contributed by atoms with E-state index in [0.29, 0.717) is 17.2 Å². The zero-order chi connectivity index (χ0) is 15.3. The summed E-state index contributed by atoms with van der Waals surface area (Å²) in [4.78, 5) is 0. The summed E-state index contributed by atoms with van der Waals surface area (Å²) >= 11 is 0. The van der Waals surface area contributed by atoms with Crippen LogP contribution in [0.3, 0.4) is 0 Å². The molecule has 1 atom stereocenters. The van der Waals surface area contributed by atoms with E-state index in [1.54, 1.807) is 33.5 Å². The average Bonchev–Trinajstić information content (AvgIpc) is 2.42. The lowest BCUT2D eigenvalue weighted by Crippen LogP contribution is -2.23. The number of hydrogen-bond acceptors (Lipinski definition) is 4. The highest BCUT2D eigenvalue weighted by Gasteiger charge is 2.19. The summed E-state index contributed by atoms with van der Waals surface area (Å²) in [5.74, 6) is 1.90. The number of rotatable bonds is 5. The highest BCUT2D eigenvalue weighted by Crippen LogP contribution is 2.35. The molecule has 1 aromatic rings. The van der Waals surface area contributed by atoms with Gasteiger partial charge in [0, 0.05) is 11.6 Å². The Morgan fingerprint density at radius 1 is 0.950 bits per heavy atom. The molecule has 4 heteroatoms. The van der Waals surface area contributed by atoms with Gasteiger partial charge in [0.2, 0.25) is 0 Å².